The van der Waals surface area contributed by atoms with Crippen LogP contribution in [0.3, 0.4) is 0 Å². The fourth-order valence-electron chi connectivity index (χ4n) is 1.38. The molecule has 0 radical (unpaired) electrons. The number of nitrogen functional groups attached to an aromatic ring is 1. The average Bonchev–Trinajstić information content (AvgIpc) is 3.00. The topological polar surface area (TPSA) is 78.1 Å². The van der Waals surface area contributed by atoms with E-state index in [2.05, 4.69) is 9.97 Å². The van der Waals surface area contributed by atoms with Crippen molar-refractivity contribution in [2.45, 2.75) is 25.7 Å². The minimum atomic E-state index is -0.437. The highest BCUT2D eigenvalue weighted by Gasteiger charge is 2.26. The third-order valence-corrected chi connectivity index (χ3v) is 2.24. The third-order valence-electron chi connectivity index (χ3n) is 2.24. The van der Waals surface area contributed by atoms with E-state index in [4.69, 9.17) is 10.5 Å². The molecule has 1 heterocycles. The number of hydrogen-bond donors (Lipinski definition) is 1. The Morgan fingerprint density at radius 3 is 2.93 bits per heavy atom. The first-order valence-corrected chi connectivity index (χ1v) is 5.02. The molecule has 1 aromatic rings. The Hall–Kier alpha value is -1.65. The standard InChI is InChI=1S/C10H13N3O2/c1-2-15-9(14)8-5-7(6-3-4-6)12-10(11)13-8/h5-6H,2-4H2,1H3,(H2,11,12,13). The van der Waals surface area contributed by atoms with Crippen molar-refractivity contribution in [1.82, 2.24) is 9.97 Å². The lowest BCUT2D eigenvalue weighted by Crippen LogP contribution is -2.10. The fraction of sp³-hybridized carbons (Fsp3) is 0.500. The van der Waals surface area contributed by atoms with E-state index in [1.807, 2.05) is 0 Å². The van der Waals surface area contributed by atoms with Crippen LogP contribution >= 0.6 is 0 Å². The van der Waals surface area contributed by atoms with Crippen molar-refractivity contribution in [3.05, 3.63) is 17.5 Å². The van der Waals surface area contributed by atoms with Crippen LogP contribution in [0.5, 0.6) is 0 Å². The molecule has 1 aromatic heterocycles. The van der Waals surface area contributed by atoms with Gasteiger partial charge in [-0.15, -0.1) is 0 Å². The predicted molar refractivity (Wildman–Crippen MR) is 54.4 cm³/mol. The van der Waals surface area contributed by atoms with E-state index in [0.717, 1.165) is 18.5 Å². The summed E-state index contributed by atoms with van der Waals surface area (Å²) >= 11 is 0. The second kappa shape index (κ2) is 3.84. The van der Waals surface area contributed by atoms with Crippen LogP contribution in [0.4, 0.5) is 5.95 Å². The van der Waals surface area contributed by atoms with Gasteiger partial charge >= 0.3 is 5.97 Å². The van der Waals surface area contributed by atoms with Gasteiger partial charge in [-0.25, -0.2) is 14.8 Å². The summed E-state index contributed by atoms with van der Waals surface area (Å²) < 4.78 is 4.85. The Labute approximate surface area is 87.7 Å². The summed E-state index contributed by atoms with van der Waals surface area (Å²) in [4.78, 5) is 19.4. The first kappa shape index (κ1) is 9.89. The molecule has 0 amide bonds. The molecule has 1 aliphatic rings. The number of anilines is 1. The monoisotopic (exact) mass is 207 g/mol. The van der Waals surface area contributed by atoms with Crippen LogP contribution in [-0.2, 0) is 4.74 Å². The summed E-state index contributed by atoms with van der Waals surface area (Å²) in [6.07, 6.45) is 2.22. The van der Waals surface area contributed by atoms with Crippen LogP contribution < -0.4 is 5.73 Å². The molecule has 0 unspecified atom stereocenters. The van der Waals surface area contributed by atoms with Crippen molar-refractivity contribution in [3.8, 4) is 0 Å². The second-order valence-electron chi connectivity index (χ2n) is 3.53. The van der Waals surface area contributed by atoms with E-state index >= 15 is 0 Å². The molecule has 0 atom stereocenters. The smallest absolute Gasteiger partial charge is 0.357 e. The Kier molecular flexibility index (Phi) is 2.53. The van der Waals surface area contributed by atoms with E-state index in [-0.39, 0.29) is 11.6 Å². The lowest BCUT2D eigenvalue weighted by Gasteiger charge is -2.04. The minimum absolute atomic E-state index is 0.141. The van der Waals surface area contributed by atoms with E-state index in [0.29, 0.717) is 12.5 Å². The largest absolute Gasteiger partial charge is 0.461 e. The molecule has 80 valence electrons. The molecule has 15 heavy (non-hydrogen) atoms. The maximum atomic E-state index is 11.4. The van der Waals surface area contributed by atoms with Gasteiger partial charge in [0.1, 0.15) is 0 Å². The quantitative estimate of drug-likeness (QED) is 0.751. The first-order chi connectivity index (χ1) is 7.20. The van der Waals surface area contributed by atoms with Crippen LogP contribution in [0.15, 0.2) is 6.07 Å². The molecular formula is C10H13N3O2. The molecule has 0 aromatic carbocycles. The maximum Gasteiger partial charge on any atom is 0.357 e. The van der Waals surface area contributed by atoms with Crippen LogP contribution in [0.2, 0.25) is 0 Å². The van der Waals surface area contributed by atoms with Gasteiger partial charge < -0.3 is 10.5 Å². The highest BCUT2D eigenvalue weighted by molar-refractivity contribution is 5.87. The van der Waals surface area contributed by atoms with Crippen molar-refractivity contribution in [3.63, 3.8) is 0 Å². The van der Waals surface area contributed by atoms with Gasteiger partial charge in [0.2, 0.25) is 5.95 Å². The Morgan fingerprint density at radius 2 is 2.33 bits per heavy atom. The fourth-order valence-corrected chi connectivity index (χ4v) is 1.38. The lowest BCUT2D eigenvalue weighted by molar-refractivity contribution is 0.0519. The number of nitrogens with zero attached hydrogens (tertiary/aromatic N) is 2. The van der Waals surface area contributed by atoms with Crippen molar-refractivity contribution >= 4 is 11.9 Å². The molecule has 1 fully saturated rings. The number of aromatic nitrogens is 2. The van der Waals surface area contributed by atoms with Crippen molar-refractivity contribution < 1.29 is 9.53 Å². The van der Waals surface area contributed by atoms with Crippen LogP contribution in [0.1, 0.15) is 41.9 Å². The van der Waals surface area contributed by atoms with E-state index < -0.39 is 5.97 Å². The van der Waals surface area contributed by atoms with Gasteiger partial charge in [-0.1, -0.05) is 0 Å². The molecule has 0 bridgehead atoms. The molecule has 5 nitrogen and oxygen atoms in total. The number of ether oxygens (including phenoxy) is 1. The number of rotatable bonds is 3. The Bertz CT molecular complexity index is 388. The van der Waals surface area contributed by atoms with Gasteiger partial charge in [0.25, 0.3) is 0 Å². The average molecular weight is 207 g/mol. The Balaban J connectivity index is 2.26. The molecule has 5 heteroatoms. The van der Waals surface area contributed by atoms with Crippen molar-refractivity contribution in [2.24, 2.45) is 0 Å². The third kappa shape index (κ3) is 2.23. The molecule has 1 saturated carbocycles. The summed E-state index contributed by atoms with van der Waals surface area (Å²) in [5, 5.41) is 0. The molecule has 0 aliphatic heterocycles. The van der Waals surface area contributed by atoms with Crippen LogP contribution in [0, 0.1) is 0 Å². The zero-order chi connectivity index (χ0) is 10.8. The number of nitrogens with two attached hydrogens (primary N) is 1. The highest BCUT2D eigenvalue weighted by atomic mass is 16.5. The van der Waals surface area contributed by atoms with Crippen LogP contribution in [0.25, 0.3) is 0 Å². The number of esters is 1. The normalized spacial score (nSPS) is 15.0. The van der Waals surface area contributed by atoms with Gasteiger partial charge in [0, 0.05) is 11.6 Å². The van der Waals surface area contributed by atoms with E-state index in [1.165, 1.54) is 0 Å². The Morgan fingerprint density at radius 1 is 1.60 bits per heavy atom. The van der Waals surface area contributed by atoms with Gasteiger partial charge in [-0.05, 0) is 25.8 Å². The number of hydrogen-bond acceptors (Lipinski definition) is 5. The zero-order valence-corrected chi connectivity index (χ0v) is 8.56. The summed E-state index contributed by atoms with van der Waals surface area (Å²) in [6, 6.07) is 1.67. The van der Waals surface area contributed by atoms with E-state index in [9.17, 15) is 4.79 Å². The molecule has 2 rings (SSSR count). The number of carbonyl (C=O) groups excluding carboxylic acids is 1. The molecule has 0 spiro atoms. The van der Waals surface area contributed by atoms with E-state index in [1.54, 1.807) is 13.0 Å². The molecular weight excluding hydrogens is 194 g/mol. The SMILES string of the molecule is CCOC(=O)c1cc(C2CC2)nc(N)n1. The summed E-state index contributed by atoms with van der Waals surface area (Å²) in [6.45, 7) is 2.09. The highest BCUT2D eigenvalue weighted by Crippen LogP contribution is 2.39. The second-order valence-corrected chi connectivity index (χ2v) is 3.53. The van der Waals surface area contributed by atoms with Crippen LogP contribution in [-0.4, -0.2) is 22.5 Å². The number of carbonyl (C=O) groups is 1. The summed E-state index contributed by atoms with van der Waals surface area (Å²) in [5.74, 6) is 0.152. The lowest BCUT2D eigenvalue weighted by atomic mass is 10.2. The summed E-state index contributed by atoms with van der Waals surface area (Å²) in [7, 11) is 0. The van der Waals surface area contributed by atoms with Crippen molar-refractivity contribution in [2.75, 3.05) is 12.3 Å². The van der Waals surface area contributed by atoms with Crippen molar-refractivity contribution in [1.29, 1.82) is 0 Å². The predicted octanol–water partition coefficient (Wildman–Crippen LogP) is 1.11. The minimum Gasteiger partial charge on any atom is -0.461 e. The summed E-state index contributed by atoms with van der Waals surface area (Å²) in [5.41, 5.74) is 6.64. The maximum absolute atomic E-state index is 11.4. The first-order valence-electron chi connectivity index (χ1n) is 5.02. The van der Waals surface area contributed by atoms with Gasteiger partial charge in [0.15, 0.2) is 5.69 Å². The zero-order valence-electron chi connectivity index (χ0n) is 8.56. The van der Waals surface area contributed by atoms with Gasteiger partial charge in [-0.2, -0.15) is 0 Å². The molecule has 0 saturated heterocycles. The molecule has 2 N–H and O–H groups in total. The van der Waals surface area contributed by atoms with Gasteiger partial charge in [-0.3, -0.25) is 0 Å². The van der Waals surface area contributed by atoms with Gasteiger partial charge in [0.05, 0.1) is 6.61 Å². The molecule has 1 aliphatic carbocycles.